The molecule has 0 aliphatic heterocycles. The molecule has 456 valence electrons. The third-order valence-electron chi connectivity index (χ3n) is 15.0. The van der Waals surface area contributed by atoms with E-state index in [0.29, 0.717) is 71.1 Å². The van der Waals surface area contributed by atoms with Crippen LogP contribution in [0.1, 0.15) is 106 Å². The quantitative estimate of drug-likeness (QED) is 0.0190. The molecule has 0 unspecified atom stereocenters. The van der Waals surface area contributed by atoms with E-state index in [1.165, 1.54) is 95.2 Å². The van der Waals surface area contributed by atoms with Gasteiger partial charge in [0.1, 0.15) is 41.1 Å². The van der Waals surface area contributed by atoms with E-state index >= 15 is 0 Å². The Morgan fingerprint density at radius 1 is 0.435 bits per heavy atom. The normalized spacial score (nSPS) is 12.7. The molecule has 0 spiro atoms. The van der Waals surface area contributed by atoms with Gasteiger partial charge in [0.05, 0.1) is 88.1 Å². The predicted molar refractivity (Wildman–Crippen MR) is 339 cm³/mol. The summed E-state index contributed by atoms with van der Waals surface area (Å²) in [5.74, 6) is -4.69. The highest BCUT2D eigenvalue weighted by molar-refractivity contribution is 6.54. The average Bonchev–Trinajstić information content (AvgIpc) is 3.25. The number of hydrogen-bond acceptors (Lipinski definition) is 17. The number of anilines is 4. The SMILES string of the molecule is BC(B)(CN)C(B)(B)C[C@H](N)C(=O)Nc1ccc(OC)c(C(=O)N[C@@H](CCCCN)C(=O)Nc2ccc(OC)c(C(=O)N[C@@H](CCCCN)C(=O)Nc3ccc(OC)c(C(=O)N[C@@H](CCCCN)C(=O)Nc4ccc(OC)c(C(N)=O)c4)c3)c2)c1. The van der Waals surface area contributed by atoms with Gasteiger partial charge in [0, 0.05) is 22.7 Å². The molecule has 0 aliphatic rings. The standard InChI is InChI=1S/C56H83B4N13O12/c1-82-43-18-14-31(25-35(43)47(66)74)68-52(79)40(11-5-8-22-61)71-49(76)37-27-33(16-20-45(37)84-3)70-54(81)42(13-7-10-24-63)73-50(77)38-28-34(17-21-46(38)85-4)69-53(80)41(12-6-9-23-62)72-48(75)36-26-32(15-19-44(36)83-2)67-51(78)39(65)29-55(57,58)56(59,60)30-64/h14-21,25-28,39-42H,5-13,22-24,29-30,57-65H2,1-4H3,(H2,66,74)(H,67,78)(H,68,79)(H,69,80)(H,70,81)(H,71,76)(H,72,75)(H,73,77)/t39-,40-,41-,42-/m0/s1. The highest BCUT2D eigenvalue weighted by Crippen LogP contribution is 2.44. The monoisotopic (exact) mass is 1170 g/mol. The van der Waals surface area contributed by atoms with E-state index in [9.17, 15) is 38.4 Å². The molecule has 0 radical (unpaired) electrons. The van der Waals surface area contributed by atoms with Crippen molar-refractivity contribution in [1.82, 2.24) is 16.0 Å². The van der Waals surface area contributed by atoms with Gasteiger partial charge in [-0.05, 0) is 163 Å². The van der Waals surface area contributed by atoms with Gasteiger partial charge in [-0.25, -0.2) is 0 Å². The van der Waals surface area contributed by atoms with Crippen LogP contribution in [0.25, 0.3) is 0 Å². The maximum atomic E-state index is 14.3. The third-order valence-corrected chi connectivity index (χ3v) is 15.0. The van der Waals surface area contributed by atoms with Crippen LogP contribution in [0.3, 0.4) is 0 Å². The largest absolute Gasteiger partial charge is 0.496 e. The van der Waals surface area contributed by atoms with E-state index in [1.54, 1.807) is 6.07 Å². The maximum absolute atomic E-state index is 14.3. The molecule has 4 aromatic carbocycles. The number of methoxy groups -OCH3 is 4. The fourth-order valence-electron chi connectivity index (χ4n) is 8.98. The number of amides is 8. The molecule has 4 atom stereocenters. The lowest BCUT2D eigenvalue weighted by Crippen LogP contribution is -2.45. The molecule has 19 N–H and O–H groups in total. The summed E-state index contributed by atoms with van der Waals surface area (Å²) in [6.07, 6.45) is 3.78. The molecule has 0 bridgehead atoms. The van der Waals surface area contributed by atoms with Crippen molar-refractivity contribution >= 4 is 101 Å². The van der Waals surface area contributed by atoms with Crippen molar-refractivity contribution in [3.05, 3.63) is 95.1 Å². The molecule has 0 aliphatic carbocycles. The Labute approximate surface area is 500 Å². The van der Waals surface area contributed by atoms with Crippen molar-refractivity contribution < 1.29 is 57.3 Å². The Hall–Kier alpha value is -8.10. The first-order valence-electron chi connectivity index (χ1n) is 28.2. The molecule has 0 saturated heterocycles. The van der Waals surface area contributed by atoms with Crippen LogP contribution in [0, 0.1) is 0 Å². The van der Waals surface area contributed by atoms with Gasteiger partial charge in [-0.15, -0.1) is 0 Å². The fraction of sp³-hybridized carbons (Fsp3) is 0.429. The maximum Gasteiger partial charge on any atom is 0.255 e. The number of hydrogen-bond donors (Lipinski definition) is 13. The molecular formula is C56H83B4N13O12. The van der Waals surface area contributed by atoms with Crippen LogP contribution in [0.2, 0.25) is 10.4 Å². The number of nitrogens with one attached hydrogen (secondary N) is 7. The van der Waals surface area contributed by atoms with Gasteiger partial charge in [0.15, 0.2) is 0 Å². The summed E-state index contributed by atoms with van der Waals surface area (Å²) in [6, 6.07) is 13.2. The summed E-state index contributed by atoms with van der Waals surface area (Å²) in [6.45, 7) is 1.37. The van der Waals surface area contributed by atoms with Crippen LogP contribution in [-0.4, -0.2) is 157 Å². The Kier molecular flexibility index (Phi) is 27.3. The molecule has 29 heteroatoms. The summed E-state index contributed by atoms with van der Waals surface area (Å²) in [7, 11) is 13.5. The number of benzene rings is 4. The van der Waals surface area contributed by atoms with Crippen molar-refractivity contribution in [2.45, 2.75) is 98.8 Å². The zero-order valence-corrected chi connectivity index (χ0v) is 50.0. The first kappa shape index (κ1) is 69.4. The van der Waals surface area contributed by atoms with Gasteiger partial charge in [0.25, 0.3) is 23.6 Å². The number of carbonyl (C=O) groups excluding carboxylic acids is 8. The Bertz CT molecular complexity index is 2990. The van der Waals surface area contributed by atoms with Crippen molar-refractivity contribution in [3.63, 3.8) is 0 Å². The van der Waals surface area contributed by atoms with Crippen molar-refractivity contribution in [1.29, 1.82) is 0 Å². The minimum Gasteiger partial charge on any atom is -0.496 e. The molecule has 0 fully saturated rings. The number of carbonyl (C=O) groups is 8. The van der Waals surface area contributed by atoms with Gasteiger partial charge in [-0.2, -0.15) is 0 Å². The second-order valence-electron chi connectivity index (χ2n) is 21.7. The lowest BCUT2D eigenvalue weighted by atomic mass is 9.28. The van der Waals surface area contributed by atoms with E-state index in [-0.39, 0.29) is 92.5 Å². The van der Waals surface area contributed by atoms with Crippen molar-refractivity contribution in [2.75, 3.05) is 75.9 Å². The van der Waals surface area contributed by atoms with Crippen molar-refractivity contribution in [3.8, 4) is 23.0 Å². The molecule has 0 saturated carbocycles. The number of primary amides is 1. The first-order valence-corrected chi connectivity index (χ1v) is 28.2. The van der Waals surface area contributed by atoms with Gasteiger partial charge < -0.3 is 90.6 Å². The van der Waals surface area contributed by atoms with E-state index in [2.05, 4.69) is 37.2 Å². The number of rotatable bonds is 35. The highest BCUT2D eigenvalue weighted by Gasteiger charge is 2.38. The molecular weight excluding hydrogens is 1090 g/mol. The molecule has 85 heavy (non-hydrogen) atoms. The molecule has 0 aromatic heterocycles. The van der Waals surface area contributed by atoms with E-state index < -0.39 is 76.6 Å². The zero-order chi connectivity index (χ0) is 63.0. The lowest BCUT2D eigenvalue weighted by molar-refractivity contribution is -0.118. The fourth-order valence-corrected chi connectivity index (χ4v) is 8.98. The summed E-state index contributed by atoms with van der Waals surface area (Å²) >= 11 is 0. The van der Waals surface area contributed by atoms with Crippen LogP contribution in [-0.2, 0) is 19.2 Å². The summed E-state index contributed by atoms with van der Waals surface area (Å²) in [5.41, 5.74) is 36.0. The number of unbranched alkanes of at least 4 members (excludes halogenated alkanes) is 3. The molecule has 25 nitrogen and oxygen atoms in total. The number of nitrogens with two attached hydrogens (primary N) is 6. The average molecular weight is 1170 g/mol. The minimum absolute atomic E-state index is 0.0246. The van der Waals surface area contributed by atoms with Crippen LogP contribution < -0.4 is 90.6 Å². The molecule has 4 aromatic rings. The first-order chi connectivity index (χ1) is 40.4. The molecule has 8 amide bonds. The van der Waals surface area contributed by atoms with Crippen LogP contribution >= 0.6 is 0 Å². The van der Waals surface area contributed by atoms with Gasteiger partial charge in [-0.3, -0.25) is 38.4 Å². The third kappa shape index (κ3) is 20.0. The smallest absolute Gasteiger partial charge is 0.255 e. The molecule has 0 heterocycles. The predicted octanol–water partition coefficient (Wildman–Crippen LogP) is -1.20. The summed E-state index contributed by atoms with van der Waals surface area (Å²) in [4.78, 5) is 110. The van der Waals surface area contributed by atoms with Gasteiger partial charge >= 0.3 is 0 Å². The second kappa shape index (κ2) is 33.4. The Morgan fingerprint density at radius 3 is 0.988 bits per heavy atom. The lowest BCUT2D eigenvalue weighted by Gasteiger charge is -2.43. The second-order valence-corrected chi connectivity index (χ2v) is 21.7. The van der Waals surface area contributed by atoms with E-state index in [0.717, 1.165) is 0 Å². The summed E-state index contributed by atoms with van der Waals surface area (Å²) in [5, 5.41) is 18.7. The van der Waals surface area contributed by atoms with Crippen LogP contribution in [0.5, 0.6) is 23.0 Å². The van der Waals surface area contributed by atoms with Crippen LogP contribution in [0.15, 0.2) is 72.8 Å². The van der Waals surface area contributed by atoms with Crippen molar-refractivity contribution in [2.24, 2.45) is 34.4 Å². The van der Waals surface area contributed by atoms with E-state index in [4.69, 9.17) is 53.3 Å². The Balaban J connectivity index is 1.55. The summed E-state index contributed by atoms with van der Waals surface area (Å²) < 4.78 is 21.8. The zero-order valence-electron chi connectivity index (χ0n) is 50.0. The Morgan fingerprint density at radius 2 is 0.718 bits per heavy atom. The van der Waals surface area contributed by atoms with E-state index in [1.807, 2.05) is 31.4 Å². The molecule has 4 rings (SSSR count). The topological polar surface area (TPSA) is 414 Å². The highest BCUT2D eigenvalue weighted by atomic mass is 16.5. The minimum atomic E-state index is -1.17. The number of ether oxygens (including phenoxy) is 4. The van der Waals surface area contributed by atoms with Gasteiger partial charge in [0.2, 0.25) is 23.6 Å². The van der Waals surface area contributed by atoms with Gasteiger partial charge in [-0.1, -0.05) is 10.4 Å². The van der Waals surface area contributed by atoms with Crippen LogP contribution in [0.4, 0.5) is 22.7 Å².